The number of H-pyrrole nitrogens is 4. The Labute approximate surface area is 421 Å². The molecule has 8 aromatic rings. The van der Waals surface area contributed by atoms with Crippen molar-refractivity contribution >= 4 is 86.1 Å². The number of nitrogens with zero attached hydrogens (tertiary/aromatic N) is 8. The minimum Gasteiger partial charge on any atom is -0.481 e. The predicted molar refractivity (Wildman–Crippen MR) is 264 cm³/mol. The lowest BCUT2D eigenvalue weighted by molar-refractivity contribution is -0.142. The van der Waals surface area contributed by atoms with Crippen LogP contribution in [0.4, 0.5) is 0 Å². The molecule has 3 atom stereocenters. The summed E-state index contributed by atoms with van der Waals surface area (Å²) in [7, 11) is 1.27. The number of carbonyl (C=O) groups is 7. The van der Waals surface area contributed by atoms with Crippen molar-refractivity contribution in [3.05, 3.63) is 114 Å². The number of aryl methyl sites for hydroxylation is 3. The summed E-state index contributed by atoms with van der Waals surface area (Å²) in [6, 6.07) is 0.199. The van der Waals surface area contributed by atoms with Gasteiger partial charge in [-0.3, -0.25) is 66.2 Å². The second-order valence-electron chi connectivity index (χ2n) is 16.5. The molecule has 1 fully saturated rings. The van der Waals surface area contributed by atoms with Crippen molar-refractivity contribution in [2.75, 3.05) is 7.11 Å². The van der Waals surface area contributed by atoms with Crippen LogP contribution in [-0.2, 0) is 69.2 Å². The maximum absolute atomic E-state index is 12.3. The third kappa shape index (κ3) is 13.6. The van der Waals surface area contributed by atoms with Crippen LogP contribution >= 0.6 is 0 Å². The van der Waals surface area contributed by atoms with Gasteiger partial charge in [-0.05, 0) is 50.5 Å². The number of fused-ring (bicyclic) bond motifs is 4. The Balaban J connectivity index is 0.000000187. The third-order valence-electron chi connectivity index (χ3n) is 11.1. The van der Waals surface area contributed by atoms with E-state index in [9.17, 15) is 52.7 Å². The Morgan fingerprint density at radius 1 is 0.693 bits per heavy atom. The van der Waals surface area contributed by atoms with Crippen LogP contribution in [0.1, 0.15) is 43.9 Å². The summed E-state index contributed by atoms with van der Waals surface area (Å²) >= 11 is 0. The second kappa shape index (κ2) is 24.5. The van der Waals surface area contributed by atoms with Gasteiger partial charge in [0.25, 0.3) is 22.2 Å². The van der Waals surface area contributed by atoms with E-state index in [1.165, 1.54) is 41.6 Å². The monoisotopic (exact) mass is 1040 g/mol. The third-order valence-corrected chi connectivity index (χ3v) is 11.1. The molecule has 8 aromatic heterocycles. The molecule has 0 radical (unpaired) electrons. The van der Waals surface area contributed by atoms with Gasteiger partial charge in [0.2, 0.25) is 11.8 Å². The highest BCUT2D eigenvalue weighted by atomic mass is 16.6. The number of hydrogen-bond acceptors (Lipinski definition) is 17. The summed E-state index contributed by atoms with van der Waals surface area (Å²) in [6.07, 6.45) is 11.4. The lowest BCUT2D eigenvalue weighted by atomic mass is 10.1. The van der Waals surface area contributed by atoms with Gasteiger partial charge in [-0.15, -0.1) is 0 Å². The molecule has 29 nitrogen and oxygen atoms in total. The van der Waals surface area contributed by atoms with Crippen LogP contribution in [0.5, 0.6) is 0 Å². The molecule has 0 saturated carbocycles. The summed E-state index contributed by atoms with van der Waals surface area (Å²) in [5, 5.41) is 22.1. The standard InChI is InChI=1S/C14H16N4O4.C13H14N4O5.2C9H9N3O3.CH4/c1-7-4-15-13-12(7)16-6-18(14(13)21)5-10(19)17-9-3-11(20)22-8(9)2;1-7-3-14-12-11(7)15-6-17(13(12)22)4-9(19)16-8(5-18)2-10(20)21;1-5-2-10-8-7(5)11-4-12(9(8)15)3-6(13)14;1-15-7(13)4-12-5-11-6-2-3-10-8(6)9(12)14;/h4,6,8-9,15H,3,5H2,1-2H3,(H,17,19);3,5-6,8,14H,2,4H2,1H3,(H,16,19)(H,20,21);2,4,10H,3H2,1H3,(H,13,14);2-3,5,10H,4H2,1H3;1H4/t8?,9-;8-;;;/m00.../s1. The number of methoxy groups -OCH3 is 1. The zero-order chi connectivity index (χ0) is 54.0. The highest BCUT2D eigenvalue weighted by molar-refractivity contribution is 5.84. The fourth-order valence-corrected chi connectivity index (χ4v) is 7.26. The highest BCUT2D eigenvalue weighted by Crippen LogP contribution is 2.15. The molecule has 1 aliphatic heterocycles. The van der Waals surface area contributed by atoms with Crippen molar-refractivity contribution in [1.29, 1.82) is 0 Å². The van der Waals surface area contributed by atoms with E-state index in [1.54, 1.807) is 44.7 Å². The zero-order valence-corrected chi connectivity index (χ0v) is 40.0. The maximum atomic E-state index is 12.3. The molecule has 9 rings (SSSR count). The molecule has 0 bridgehead atoms. The molecular weight excluding hydrogens is 989 g/mol. The predicted octanol–water partition coefficient (Wildman–Crippen LogP) is -0.304. The molecule has 29 heteroatoms. The molecule has 1 saturated heterocycles. The minimum absolute atomic E-state index is 0. The molecule has 0 spiro atoms. The fraction of sp³-hybridized carbons (Fsp3) is 0.326. The van der Waals surface area contributed by atoms with Gasteiger partial charge in [0, 0.05) is 24.8 Å². The first-order valence-corrected chi connectivity index (χ1v) is 22.0. The first-order valence-electron chi connectivity index (χ1n) is 22.0. The van der Waals surface area contributed by atoms with E-state index in [4.69, 9.17) is 14.9 Å². The van der Waals surface area contributed by atoms with Gasteiger partial charge in [0.1, 0.15) is 60.6 Å². The number of aliphatic carboxylic acids is 2. The Morgan fingerprint density at radius 2 is 1.15 bits per heavy atom. The van der Waals surface area contributed by atoms with Crippen molar-refractivity contribution in [1.82, 2.24) is 68.8 Å². The maximum Gasteiger partial charge on any atom is 0.325 e. The first kappa shape index (κ1) is 56.1. The number of rotatable bonds is 13. The molecule has 8 N–H and O–H groups in total. The number of hydrogen-bond donors (Lipinski definition) is 8. The molecule has 9 heterocycles. The number of nitrogens with one attached hydrogen (secondary N) is 6. The average molecular weight is 1040 g/mol. The molecule has 1 unspecified atom stereocenters. The molecule has 75 heavy (non-hydrogen) atoms. The highest BCUT2D eigenvalue weighted by Gasteiger charge is 2.32. The van der Waals surface area contributed by atoms with Crippen molar-refractivity contribution in [3.63, 3.8) is 0 Å². The van der Waals surface area contributed by atoms with E-state index in [2.05, 4.69) is 55.2 Å². The molecular formula is C46H52N14O15. The SMILES string of the molecule is C.COC(=O)Cn1cnc2cc[nH]c2c1=O.Cc1c[nH]c2c(=O)n(CC(=O)N[C@H](C=O)CC(=O)O)cnc12.Cc1c[nH]c2c(=O)n(CC(=O)N[C@H]3CC(=O)OC3C)cnc12.Cc1c[nH]c2c(=O)n(CC(=O)O)cnc12. The number of aromatic nitrogens is 12. The van der Waals surface area contributed by atoms with Crippen molar-refractivity contribution in [2.45, 2.75) is 92.3 Å². The van der Waals surface area contributed by atoms with Crippen LogP contribution in [0.15, 0.2) is 75.3 Å². The van der Waals surface area contributed by atoms with Crippen molar-refractivity contribution < 1.29 is 53.2 Å². The fourth-order valence-electron chi connectivity index (χ4n) is 7.26. The number of amides is 2. The van der Waals surface area contributed by atoms with Crippen LogP contribution < -0.4 is 32.9 Å². The van der Waals surface area contributed by atoms with Crippen LogP contribution in [0.2, 0.25) is 0 Å². The number of carbonyl (C=O) groups excluding carboxylic acids is 5. The van der Waals surface area contributed by atoms with Crippen molar-refractivity contribution in [2.24, 2.45) is 0 Å². The number of carboxylic acid groups (broad SMARTS) is 2. The lowest BCUT2D eigenvalue weighted by Gasteiger charge is -2.15. The van der Waals surface area contributed by atoms with Gasteiger partial charge in [-0.2, -0.15) is 0 Å². The number of esters is 2. The van der Waals surface area contributed by atoms with Gasteiger partial charge in [-0.1, -0.05) is 7.43 Å². The number of ether oxygens (including phenoxy) is 2. The van der Waals surface area contributed by atoms with E-state index in [1.807, 2.05) is 13.8 Å². The second-order valence-corrected chi connectivity index (χ2v) is 16.5. The van der Waals surface area contributed by atoms with E-state index in [-0.39, 0.29) is 86.2 Å². The molecule has 396 valence electrons. The van der Waals surface area contributed by atoms with Gasteiger partial charge in [0.15, 0.2) is 0 Å². The summed E-state index contributed by atoms with van der Waals surface area (Å²) < 4.78 is 14.0. The molecule has 1 aliphatic rings. The minimum atomic E-state index is -1.21. The average Bonchev–Trinajstić information content (AvgIpc) is 4.21. The van der Waals surface area contributed by atoms with Gasteiger partial charge in [0.05, 0.1) is 79.4 Å². The number of carboxylic acids is 2. The lowest BCUT2D eigenvalue weighted by Crippen LogP contribution is -2.42. The van der Waals surface area contributed by atoms with E-state index >= 15 is 0 Å². The molecule has 0 aromatic carbocycles. The van der Waals surface area contributed by atoms with Crippen LogP contribution in [0.3, 0.4) is 0 Å². The van der Waals surface area contributed by atoms with Crippen LogP contribution in [0, 0.1) is 20.8 Å². The van der Waals surface area contributed by atoms with Crippen LogP contribution in [-0.4, -0.2) is 136 Å². The van der Waals surface area contributed by atoms with Gasteiger partial charge < -0.3 is 55.1 Å². The van der Waals surface area contributed by atoms with Gasteiger partial charge in [-0.25, -0.2) is 19.9 Å². The summed E-state index contributed by atoms with van der Waals surface area (Å²) in [5.74, 6) is -4.10. The largest absolute Gasteiger partial charge is 0.481 e. The zero-order valence-electron chi connectivity index (χ0n) is 40.0. The number of aromatic amines is 4. The normalized spacial score (nSPS) is 14.0. The topological polar surface area (TPSA) is 405 Å². The van der Waals surface area contributed by atoms with Crippen LogP contribution in [0.25, 0.3) is 44.1 Å². The Morgan fingerprint density at radius 3 is 1.59 bits per heavy atom. The quantitative estimate of drug-likeness (QED) is 0.0542. The summed E-state index contributed by atoms with van der Waals surface area (Å²) in [6.45, 7) is 6.17. The van der Waals surface area contributed by atoms with Crippen molar-refractivity contribution in [3.8, 4) is 0 Å². The summed E-state index contributed by atoms with van der Waals surface area (Å²) in [4.78, 5) is 153. The van der Waals surface area contributed by atoms with E-state index in [0.717, 1.165) is 25.8 Å². The number of aldehydes is 1. The Kier molecular flexibility index (Phi) is 18.3. The Bertz CT molecular complexity index is 3690. The van der Waals surface area contributed by atoms with Gasteiger partial charge >= 0.3 is 23.9 Å². The Hall–Kier alpha value is -9.83. The molecule has 0 aliphatic carbocycles. The smallest absolute Gasteiger partial charge is 0.325 e. The first-order chi connectivity index (χ1) is 35.2. The van der Waals surface area contributed by atoms with E-state index < -0.39 is 41.8 Å². The number of cyclic esters (lactones) is 1. The summed E-state index contributed by atoms with van der Waals surface area (Å²) in [5.41, 5.74) is 4.87. The van der Waals surface area contributed by atoms with E-state index in [0.29, 0.717) is 44.9 Å². The molecule has 2 amide bonds.